The molecule has 1 aliphatic heterocycles. The van der Waals surface area contributed by atoms with Gasteiger partial charge in [-0.15, -0.1) is 0 Å². The number of carbonyl (C=O) groups is 1. The molecule has 9 nitrogen and oxygen atoms in total. The molecule has 6 N–H and O–H groups in total. The molecular formula is C59H95NO8. The highest BCUT2D eigenvalue weighted by atomic mass is 16.7. The van der Waals surface area contributed by atoms with E-state index in [-0.39, 0.29) is 12.5 Å². The van der Waals surface area contributed by atoms with Gasteiger partial charge in [0, 0.05) is 6.42 Å². The van der Waals surface area contributed by atoms with E-state index in [2.05, 4.69) is 141 Å². The molecule has 7 atom stereocenters. The highest BCUT2D eigenvalue weighted by Crippen LogP contribution is 2.22. The van der Waals surface area contributed by atoms with Crippen LogP contribution < -0.4 is 5.32 Å². The second-order valence-electron chi connectivity index (χ2n) is 17.5. The Kier molecular flexibility index (Phi) is 43.1. The summed E-state index contributed by atoms with van der Waals surface area (Å²) in [6.07, 6.45) is 65.3. The van der Waals surface area contributed by atoms with E-state index < -0.39 is 49.5 Å². The summed E-state index contributed by atoms with van der Waals surface area (Å²) in [7, 11) is 0. The van der Waals surface area contributed by atoms with E-state index in [0.717, 1.165) is 116 Å². The minimum Gasteiger partial charge on any atom is -0.394 e. The van der Waals surface area contributed by atoms with Crippen molar-refractivity contribution in [1.29, 1.82) is 0 Å². The maximum absolute atomic E-state index is 13.0. The van der Waals surface area contributed by atoms with Crippen LogP contribution in [0.4, 0.5) is 0 Å². The van der Waals surface area contributed by atoms with Crippen LogP contribution >= 0.6 is 0 Å². The van der Waals surface area contributed by atoms with Gasteiger partial charge in [-0.1, -0.05) is 199 Å². The van der Waals surface area contributed by atoms with Gasteiger partial charge in [-0.05, 0) is 103 Å². The van der Waals surface area contributed by atoms with Crippen molar-refractivity contribution < 1.29 is 39.8 Å². The second-order valence-corrected chi connectivity index (χ2v) is 17.5. The predicted octanol–water partition coefficient (Wildman–Crippen LogP) is 12.6. The van der Waals surface area contributed by atoms with E-state index in [4.69, 9.17) is 9.47 Å². The Labute approximate surface area is 413 Å². The quantitative estimate of drug-likeness (QED) is 0.0262. The Morgan fingerprint density at radius 2 is 0.882 bits per heavy atom. The summed E-state index contributed by atoms with van der Waals surface area (Å²) in [5, 5.41) is 54.1. The maximum Gasteiger partial charge on any atom is 0.220 e. The van der Waals surface area contributed by atoms with Gasteiger partial charge in [0.2, 0.25) is 5.91 Å². The number of nitrogens with one attached hydrogen (secondary N) is 1. The lowest BCUT2D eigenvalue weighted by Crippen LogP contribution is -2.60. The molecule has 1 amide bonds. The first-order valence-corrected chi connectivity index (χ1v) is 26.4. The van der Waals surface area contributed by atoms with Crippen LogP contribution in [0.15, 0.2) is 134 Å². The predicted molar refractivity (Wildman–Crippen MR) is 285 cm³/mol. The zero-order valence-corrected chi connectivity index (χ0v) is 42.3. The molecule has 1 fully saturated rings. The van der Waals surface area contributed by atoms with E-state index in [9.17, 15) is 30.3 Å². The summed E-state index contributed by atoms with van der Waals surface area (Å²) in [4.78, 5) is 13.0. The Hall–Kier alpha value is -3.67. The van der Waals surface area contributed by atoms with Crippen LogP contribution in [0.25, 0.3) is 0 Å². The molecule has 1 rings (SSSR count). The van der Waals surface area contributed by atoms with Crippen LogP contribution in [-0.2, 0) is 14.3 Å². The van der Waals surface area contributed by atoms with Gasteiger partial charge < -0.3 is 40.3 Å². The molecule has 0 radical (unpaired) electrons. The SMILES string of the molecule is CC/C=C\C/C=C\C/C=C\C/C=C\C/C=C\C/C=C\C/C=C\C/C=C\CCCCCCCCCCCCC(=O)NC(COC1OC(CO)C(O)C(O)C1O)C(O)/C=C/CC/C=C/CC/C=C/CC. The number of hydrogen-bond donors (Lipinski definition) is 6. The normalized spacial score (nSPS) is 20.7. The van der Waals surface area contributed by atoms with Crippen LogP contribution in [0.5, 0.6) is 0 Å². The Balaban J connectivity index is 2.17. The molecule has 1 heterocycles. The van der Waals surface area contributed by atoms with Crippen molar-refractivity contribution >= 4 is 5.91 Å². The van der Waals surface area contributed by atoms with Crippen LogP contribution in [0, 0.1) is 0 Å². The Morgan fingerprint density at radius 3 is 1.35 bits per heavy atom. The summed E-state index contributed by atoms with van der Waals surface area (Å²) in [6.45, 7) is 3.48. The van der Waals surface area contributed by atoms with E-state index in [0.29, 0.717) is 6.42 Å². The minimum atomic E-state index is -1.58. The fraction of sp³-hybridized carbons (Fsp3) is 0.610. The van der Waals surface area contributed by atoms with Crippen molar-refractivity contribution in [3.63, 3.8) is 0 Å². The van der Waals surface area contributed by atoms with Crippen LogP contribution in [0.2, 0.25) is 0 Å². The molecule has 68 heavy (non-hydrogen) atoms. The van der Waals surface area contributed by atoms with Gasteiger partial charge in [-0.25, -0.2) is 0 Å². The van der Waals surface area contributed by atoms with Gasteiger partial charge >= 0.3 is 0 Å². The number of ether oxygens (including phenoxy) is 2. The van der Waals surface area contributed by atoms with Gasteiger partial charge in [0.1, 0.15) is 24.4 Å². The van der Waals surface area contributed by atoms with E-state index in [1.807, 2.05) is 6.08 Å². The fourth-order valence-corrected chi connectivity index (χ4v) is 7.33. The van der Waals surface area contributed by atoms with E-state index in [1.165, 1.54) is 38.5 Å². The van der Waals surface area contributed by atoms with E-state index in [1.54, 1.807) is 6.08 Å². The maximum atomic E-state index is 13.0. The lowest BCUT2D eigenvalue weighted by Gasteiger charge is -2.40. The minimum absolute atomic E-state index is 0.205. The second kappa shape index (κ2) is 47.0. The Morgan fingerprint density at radius 1 is 0.500 bits per heavy atom. The molecule has 9 heteroatoms. The summed E-state index contributed by atoms with van der Waals surface area (Å²) in [6, 6.07) is -0.838. The molecule has 0 saturated carbocycles. The van der Waals surface area contributed by atoms with Crippen molar-refractivity contribution in [2.45, 2.75) is 217 Å². The van der Waals surface area contributed by atoms with Crippen molar-refractivity contribution in [3.8, 4) is 0 Å². The molecule has 0 bridgehead atoms. The number of hydrogen-bond acceptors (Lipinski definition) is 8. The van der Waals surface area contributed by atoms with Gasteiger partial charge in [0.15, 0.2) is 6.29 Å². The van der Waals surface area contributed by atoms with Crippen LogP contribution in [-0.4, -0.2) is 87.5 Å². The van der Waals surface area contributed by atoms with Crippen molar-refractivity contribution in [3.05, 3.63) is 134 Å². The average Bonchev–Trinajstić information content (AvgIpc) is 3.34. The smallest absolute Gasteiger partial charge is 0.220 e. The third kappa shape index (κ3) is 36.3. The van der Waals surface area contributed by atoms with Crippen LogP contribution in [0.3, 0.4) is 0 Å². The molecule has 0 aromatic rings. The lowest BCUT2D eigenvalue weighted by atomic mass is 9.99. The molecule has 0 spiro atoms. The molecule has 1 aliphatic rings. The van der Waals surface area contributed by atoms with Crippen LogP contribution in [0.1, 0.15) is 174 Å². The van der Waals surface area contributed by atoms with Crippen molar-refractivity contribution in [2.24, 2.45) is 0 Å². The molecule has 7 unspecified atom stereocenters. The largest absolute Gasteiger partial charge is 0.394 e. The Bertz CT molecular complexity index is 1520. The molecule has 384 valence electrons. The third-order valence-electron chi connectivity index (χ3n) is 11.4. The molecule has 0 aromatic carbocycles. The topological polar surface area (TPSA) is 149 Å². The van der Waals surface area contributed by atoms with Gasteiger partial charge in [-0.2, -0.15) is 0 Å². The highest BCUT2D eigenvalue weighted by molar-refractivity contribution is 5.76. The number of unbranched alkanes of at least 4 members (excludes halogenated alkanes) is 12. The molecule has 1 saturated heterocycles. The van der Waals surface area contributed by atoms with Crippen molar-refractivity contribution in [1.82, 2.24) is 5.32 Å². The number of aliphatic hydroxyl groups excluding tert-OH is 5. The number of allylic oxidation sites excluding steroid dienone is 21. The van der Waals surface area contributed by atoms with Gasteiger partial charge in [-0.3, -0.25) is 4.79 Å². The number of amides is 1. The summed E-state index contributed by atoms with van der Waals surface area (Å²) in [5.41, 5.74) is 0. The molecule has 0 aliphatic carbocycles. The van der Waals surface area contributed by atoms with Gasteiger partial charge in [0.05, 0.1) is 25.4 Å². The number of rotatable bonds is 42. The van der Waals surface area contributed by atoms with Gasteiger partial charge in [0.25, 0.3) is 0 Å². The zero-order valence-electron chi connectivity index (χ0n) is 42.3. The summed E-state index contributed by atoms with van der Waals surface area (Å²) >= 11 is 0. The highest BCUT2D eigenvalue weighted by Gasteiger charge is 2.44. The number of carbonyl (C=O) groups excluding carboxylic acids is 1. The first kappa shape index (κ1) is 62.3. The molecule has 0 aromatic heterocycles. The van der Waals surface area contributed by atoms with E-state index >= 15 is 0 Å². The molecular weight excluding hydrogens is 851 g/mol. The monoisotopic (exact) mass is 946 g/mol. The average molecular weight is 946 g/mol. The third-order valence-corrected chi connectivity index (χ3v) is 11.4. The number of aliphatic hydroxyl groups is 5. The standard InChI is InChI=1S/C59H95NO8/c1-3-5-7-9-11-13-15-16-17-18-19-20-21-22-23-24-25-26-27-28-29-30-31-32-33-34-35-36-37-38-39-41-43-45-47-49-55(63)60-52(51-67-59-58(66)57(65)56(64)54(50-61)68-59)53(62)48-46-44-42-40-14-12-10-8-6-4-2/h5-8,11,13-14,16-17,19-20,22-23,25-26,28-29,31-32,40,46,48,52-54,56-59,61-62,64-66H,3-4,9-10,12,15,18,21,24,27,30,33-39,41-45,47,49-51H2,1-2H3,(H,60,63)/b7-5-,8-6+,13-11-,17-16-,20-19-,23-22-,26-25-,29-28-,32-31-,40-14+,48-46+. The zero-order chi connectivity index (χ0) is 49.4. The first-order chi connectivity index (χ1) is 33.3. The van der Waals surface area contributed by atoms with Crippen molar-refractivity contribution in [2.75, 3.05) is 13.2 Å². The first-order valence-electron chi connectivity index (χ1n) is 26.4. The summed E-state index contributed by atoms with van der Waals surface area (Å²) in [5.74, 6) is -0.205. The summed E-state index contributed by atoms with van der Waals surface area (Å²) < 4.78 is 11.2. The lowest BCUT2D eigenvalue weighted by molar-refractivity contribution is -0.302. The fourth-order valence-electron chi connectivity index (χ4n) is 7.33.